The fourth-order valence-corrected chi connectivity index (χ4v) is 2.93. The molecule has 0 radical (unpaired) electrons. The molecule has 1 rings (SSSR count). The highest BCUT2D eigenvalue weighted by atomic mass is 32.2. The maximum absolute atomic E-state index is 12.1. The molecule has 0 spiro atoms. The summed E-state index contributed by atoms with van der Waals surface area (Å²) in [6, 6.07) is 0.296. The Hall–Kier alpha value is -0.420. The van der Waals surface area contributed by atoms with E-state index < -0.39 is 5.60 Å². The molecule has 4 nitrogen and oxygen atoms in total. The van der Waals surface area contributed by atoms with Gasteiger partial charge in [0.25, 0.3) is 0 Å². The molecular weight excluding hydrogens is 238 g/mol. The van der Waals surface area contributed by atoms with E-state index in [9.17, 15) is 4.79 Å². The van der Waals surface area contributed by atoms with Crippen LogP contribution in [0.1, 0.15) is 27.2 Å². The maximum Gasteiger partial charge on any atom is 0.410 e. The molecule has 1 aliphatic rings. The molecule has 1 aliphatic heterocycles. The predicted octanol–water partition coefficient (Wildman–Crippen LogP) is 2.38. The zero-order valence-electron chi connectivity index (χ0n) is 11.2. The van der Waals surface area contributed by atoms with Crippen LogP contribution >= 0.6 is 11.8 Å². The molecule has 0 aromatic heterocycles. The molecule has 1 amide bonds. The number of carbonyl (C=O) groups excluding carboxylic acids is 1. The molecular formula is C12H23NO3S. The molecule has 0 aromatic rings. The van der Waals surface area contributed by atoms with Crippen molar-refractivity contribution in [1.29, 1.82) is 0 Å². The first kappa shape index (κ1) is 14.6. The Kier molecular flexibility index (Phi) is 5.59. The normalized spacial score (nSPS) is 20.4. The Balaban J connectivity index is 2.57. The van der Waals surface area contributed by atoms with Crippen LogP contribution in [0.2, 0.25) is 0 Å². The molecule has 1 fully saturated rings. The van der Waals surface area contributed by atoms with Crippen molar-refractivity contribution in [1.82, 2.24) is 4.90 Å². The minimum Gasteiger partial charge on any atom is -0.444 e. The molecule has 100 valence electrons. The fourth-order valence-electron chi connectivity index (χ4n) is 1.70. The first-order valence-electron chi connectivity index (χ1n) is 6.00. The van der Waals surface area contributed by atoms with E-state index in [-0.39, 0.29) is 6.09 Å². The van der Waals surface area contributed by atoms with Gasteiger partial charge in [0.05, 0.1) is 6.61 Å². The first-order chi connectivity index (χ1) is 7.94. The van der Waals surface area contributed by atoms with Gasteiger partial charge in [-0.2, -0.15) is 11.8 Å². The Morgan fingerprint density at radius 2 is 2.18 bits per heavy atom. The SMILES string of the molecule is COCCN(C(=O)OC(C)(C)C)C1CCSC1. The van der Waals surface area contributed by atoms with Crippen LogP contribution in [-0.4, -0.2) is 54.4 Å². The number of hydrogen-bond acceptors (Lipinski definition) is 4. The molecule has 0 aliphatic carbocycles. The van der Waals surface area contributed by atoms with Crippen molar-refractivity contribution in [2.45, 2.75) is 38.8 Å². The lowest BCUT2D eigenvalue weighted by Gasteiger charge is -2.31. The van der Waals surface area contributed by atoms with Crippen molar-refractivity contribution in [2.75, 3.05) is 31.8 Å². The van der Waals surface area contributed by atoms with Crippen LogP contribution in [0.15, 0.2) is 0 Å². The molecule has 1 unspecified atom stereocenters. The second-order valence-corrected chi connectivity index (χ2v) is 6.33. The van der Waals surface area contributed by atoms with Gasteiger partial charge in [-0.1, -0.05) is 0 Å². The molecule has 17 heavy (non-hydrogen) atoms. The van der Waals surface area contributed by atoms with Gasteiger partial charge in [-0.15, -0.1) is 0 Å². The quantitative estimate of drug-likeness (QED) is 0.779. The third kappa shape index (κ3) is 5.17. The monoisotopic (exact) mass is 261 g/mol. The number of methoxy groups -OCH3 is 1. The molecule has 1 heterocycles. The largest absolute Gasteiger partial charge is 0.444 e. The fraction of sp³-hybridized carbons (Fsp3) is 0.917. The number of rotatable bonds is 4. The van der Waals surface area contributed by atoms with Crippen molar-refractivity contribution in [3.63, 3.8) is 0 Å². The van der Waals surface area contributed by atoms with Crippen molar-refractivity contribution in [3.05, 3.63) is 0 Å². The lowest BCUT2D eigenvalue weighted by Crippen LogP contribution is -2.45. The second-order valence-electron chi connectivity index (χ2n) is 5.18. The minimum absolute atomic E-state index is 0.220. The molecule has 1 atom stereocenters. The summed E-state index contributed by atoms with van der Waals surface area (Å²) in [4.78, 5) is 13.9. The van der Waals surface area contributed by atoms with Crippen LogP contribution in [0, 0.1) is 0 Å². The van der Waals surface area contributed by atoms with E-state index in [0.29, 0.717) is 19.2 Å². The minimum atomic E-state index is -0.436. The smallest absolute Gasteiger partial charge is 0.410 e. The predicted molar refractivity (Wildman–Crippen MR) is 70.5 cm³/mol. The average molecular weight is 261 g/mol. The Labute approximate surface area is 108 Å². The summed E-state index contributed by atoms with van der Waals surface area (Å²) in [5, 5.41) is 0. The van der Waals surface area contributed by atoms with E-state index in [0.717, 1.165) is 17.9 Å². The van der Waals surface area contributed by atoms with Gasteiger partial charge in [0.1, 0.15) is 5.60 Å². The summed E-state index contributed by atoms with van der Waals surface area (Å²) in [6.07, 6.45) is 0.829. The Bertz CT molecular complexity index is 247. The van der Waals surface area contributed by atoms with E-state index in [2.05, 4.69) is 0 Å². The maximum atomic E-state index is 12.1. The van der Waals surface area contributed by atoms with E-state index in [4.69, 9.17) is 9.47 Å². The van der Waals surface area contributed by atoms with Gasteiger partial charge in [0.15, 0.2) is 0 Å². The Morgan fingerprint density at radius 3 is 2.65 bits per heavy atom. The van der Waals surface area contributed by atoms with Crippen LogP contribution in [0.3, 0.4) is 0 Å². The van der Waals surface area contributed by atoms with Gasteiger partial charge in [-0.05, 0) is 32.9 Å². The van der Waals surface area contributed by atoms with Gasteiger partial charge >= 0.3 is 6.09 Å². The summed E-state index contributed by atoms with van der Waals surface area (Å²) >= 11 is 1.89. The zero-order chi connectivity index (χ0) is 12.9. The van der Waals surface area contributed by atoms with E-state index in [1.807, 2.05) is 37.4 Å². The number of hydrogen-bond donors (Lipinski definition) is 0. The molecule has 0 N–H and O–H groups in total. The van der Waals surface area contributed by atoms with Crippen LogP contribution in [0.5, 0.6) is 0 Å². The van der Waals surface area contributed by atoms with Gasteiger partial charge < -0.3 is 14.4 Å². The average Bonchev–Trinajstić information content (AvgIpc) is 2.68. The summed E-state index contributed by atoms with van der Waals surface area (Å²) < 4.78 is 10.5. The molecule has 0 bridgehead atoms. The van der Waals surface area contributed by atoms with Crippen molar-refractivity contribution in [2.24, 2.45) is 0 Å². The highest BCUT2D eigenvalue weighted by Crippen LogP contribution is 2.23. The summed E-state index contributed by atoms with van der Waals surface area (Å²) in [5.41, 5.74) is -0.436. The standard InChI is InChI=1S/C12H23NO3S/c1-12(2,3)16-11(14)13(6-7-15-4)10-5-8-17-9-10/h10H,5-9H2,1-4H3. The number of ether oxygens (including phenoxy) is 2. The van der Waals surface area contributed by atoms with Crippen LogP contribution < -0.4 is 0 Å². The van der Waals surface area contributed by atoms with Gasteiger partial charge in [0.2, 0.25) is 0 Å². The highest BCUT2D eigenvalue weighted by molar-refractivity contribution is 7.99. The van der Waals surface area contributed by atoms with E-state index >= 15 is 0 Å². The van der Waals surface area contributed by atoms with Gasteiger partial charge in [0, 0.05) is 25.4 Å². The number of thioether (sulfide) groups is 1. The summed E-state index contributed by atoms with van der Waals surface area (Å²) in [6.45, 7) is 6.84. The van der Waals surface area contributed by atoms with Gasteiger partial charge in [-0.3, -0.25) is 0 Å². The zero-order valence-corrected chi connectivity index (χ0v) is 12.0. The molecule has 5 heteroatoms. The summed E-state index contributed by atoms with van der Waals surface area (Å²) in [7, 11) is 1.65. The topological polar surface area (TPSA) is 38.8 Å². The van der Waals surface area contributed by atoms with Crippen molar-refractivity contribution < 1.29 is 14.3 Å². The number of carbonyl (C=O) groups is 1. The van der Waals surface area contributed by atoms with Crippen LogP contribution in [0.4, 0.5) is 4.79 Å². The Morgan fingerprint density at radius 1 is 1.47 bits per heavy atom. The second kappa shape index (κ2) is 6.50. The lowest BCUT2D eigenvalue weighted by atomic mass is 10.2. The summed E-state index contributed by atoms with van der Waals surface area (Å²) in [5.74, 6) is 2.12. The third-order valence-electron chi connectivity index (χ3n) is 2.51. The lowest BCUT2D eigenvalue weighted by molar-refractivity contribution is 0.0127. The van der Waals surface area contributed by atoms with Crippen LogP contribution in [0.25, 0.3) is 0 Å². The first-order valence-corrected chi connectivity index (χ1v) is 7.16. The number of amides is 1. The van der Waals surface area contributed by atoms with Gasteiger partial charge in [-0.25, -0.2) is 4.79 Å². The molecule has 1 saturated heterocycles. The molecule has 0 aromatic carbocycles. The van der Waals surface area contributed by atoms with E-state index in [1.165, 1.54) is 0 Å². The molecule has 0 saturated carbocycles. The highest BCUT2D eigenvalue weighted by Gasteiger charge is 2.30. The van der Waals surface area contributed by atoms with E-state index in [1.54, 1.807) is 7.11 Å². The van der Waals surface area contributed by atoms with Crippen molar-refractivity contribution >= 4 is 17.9 Å². The third-order valence-corrected chi connectivity index (χ3v) is 3.66. The van der Waals surface area contributed by atoms with Crippen LogP contribution in [-0.2, 0) is 9.47 Å². The number of nitrogens with zero attached hydrogens (tertiary/aromatic N) is 1. The van der Waals surface area contributed by atoms with Crippen molar-refractivity contribution in [3.8, 4) is 0 Å².